The fourth-order valence-corrected chi connectivity index (χ4v) is 3.96. The number of nitrogens with zero attached hydrogens (tertiary/aromatic N) is 5. The molecule has 5 aromatic rings. The highest BCUT2D eigenvalue weighted by molar-refractivity contribution is 5.96. The first-order valence-electron chi connectivity index (χ1n) is 11.4. The van der Waals surface area contributed by atoms with Gasteiger partial charge >= 0.3 is 0 Å². The second-order valence-corrected chi connectivity index (χ2v) is 8.31. The maximum Gasteiger partial charge on any atom is 0.274 e. The van der Waals surface area contributed by atoms with Gasteiger partial charge in [-0.3, -0.25) is 9.48 Å². The zero-order valence-corrected chi connectivity index (χ0v) is 19.8. The first-order valence-corrected chi connectivity index (χ1v) is 11.4. The van der Waals surface area contributed by atoms with E-state index in [0.29, 0.717) is 0 Å². The van der Waals surface area contributed by atoms with Crippen molar-refractivity contribution in [2.45, 2.75) is 13.0 Å². The minimum Gasteiger partial charge on any atom is -0.382 e. The number of nitrogens with one attached hydrogen (secondary N) is 1. The van der Waals surface area contributed by atoms with Crippen LogP contribution in [0.3, 0.4) is 0 Å². The first kappa shape index (κ1) is 22.7. The van der Waals surface area contributed by atoms with Crippen molar-refractivity contribution in [1.29, 1.82) is 0 Å². The Bertz CT molecular complexity index is 1630. The van der Waals surface area contributed by atoms with Gasteiger partial charge in [0.05, 0.1) is 34.6 Å². The van der Waals surface area contributed by atoms with E-state index in [2.05, 4.69) is 32.2 Å². The van der Waals surface area contributed by atoms with E-state index in [1.807, 2.05) is 74.8 Å². The average Bonchev–Trinajstić information content (AvgIpc) is 3.32. The predicted octanol–water partition coefficient (Wildman–Crippen LogP) is 3.90. The SMILES string of the molecule is C[C@@H](NC(=O)c1nccnc1N)c1cc2cccc(C#Cc3cnn(C)c3)c2nc1-c1ccccc1. The number of amides is 1. The number of hydrogen-bond donors (Lipinski definition) is 2. The van der Waals surface area contributed by atoms with Crippen LogP contribution in [0.2, 0.25) is 0 Å². The number of nitrogen functional groups attached to an aromatic ring is 1. The van der Waals surface area contributed by atoms with Gasteiger partial charge in [-0.1, -0.05) is 54.3 Å². The lowest BCUT2D eigenvalue weighted by molar-refractivity contribution is 0.0935. The van der Waals surface area contributed by atoms with Crippen LogP contribution in [0.1, 0.15) is 40.1 Å². The van der Waals surface area contributed by atoms with E-state index >= 15 is 0 Å². The van der Waals surface area contributed by atoms with Gasteiger partial charge in [-0.15, -0.1) is 0 Å². The molecule has 0 aliphatic rings. The number of pyridine rings is 1. The fourth-order valence-electron chi connectivity index (χ4n) is 3.96. The van der Waals surface area contributed by atoms with E-state index in [4.69, 9.17) is 10.7 Å². The van der Waals surface area contributed by atoms with E-state index in [1.54, 1.807) is 10.9 Å². The summed E-state index contributed by atoms with van der Waals surface area (Å²) < 4.78 is 1.72. The third-order valence-corrected chi connectivity index (χ3v) is 5.72. The van der Waals surface area contributed by atoms with Crippen LogP contribution in [0.5, 0.6) is 0 Å². The molecule has 0 bridgehead atoms. The predicted molar refractivity (Wildman–Crippen MR) is 139 cm³/mol. The summed E-state index contributed by atoms with van der Waals surface area (Å²) in [5, 5.41) is 8.09. The number of fused-ring (bicyclic) bond motifs is 1. The number of benzene rings is 2. The van der Waals surface area contributed by atoms with Crippen molar-refractivity contribution in [3.63, 3.8) is 0 Å². The Morgan fingerprint density at radius 2 is 1.86 bits per heavy atom. The standard InChI is InChI=1S/C28H23N7O/c1-18(33-28(36)26-27(29)31-14-13-30-26)23-15-22-10-6-9-21(12-11-19-16-32-35(2)17-19)24(22)34-25(23)20-7-4-3-5-8-20/h3-10,13-18H,1-2H3,(H2,29,31)(H,33,36)/t18-/m1/s1. The summed E-state index contributed by atoms with van der Waals surface area (Å²) in [4.78, 5) is 26.0. The number of carbonyl (C=O) groups excluding carboxylic acids is 1. The van der Waals surface area contributed by atoms with Crippen molar-refractivity contribution >= 4 is 22.6 Å². The van der Waals surface area contributed by atoms with E-state index in [0.717, 1.165) is 38.9 Å². The summed E-state index contributed by atoms with van der Waals surface area (Å²) in [7, 11) is 1.86. The van der Waals surface area contributed by atoms with Crippen LogP contribution >= 0.6 is 0 Å². The molecule has 176 valence electrons. The van der Waals surface area contributed by atoms with Gasteiger partial charge in [0.25, 0.3) is 5.91 Å². The van der Waals surface area contributed by atoms with Crippen LogP contribution in [0.15, 0.2) is 79.4 Å². The van der Waals surface area contributed by atoms with E-state index in [1.165, 1.54) is 12.4 Å². The molecule has 3 N–H and O–H groups in total. The molecule has 5 rings (SSSR count). The lowest BCUT2D eigenvalue weighted by atomic mass is 9.97. The Hall–Kier alpha value is -5.03. The van der Waals surface area contributed by atoms with Crippen molar-refractivity contribution in [3.05, 3.63) is 102 Å². The largest absolute Gasteiger partial charge is 0.382 e. The molecule has 3 heterocycles. The lowest BCUT2D eigenvalue weighted by Gasteiger charge is -2.19. The van der Waals surface area contributed by atoms with Crippen LogP contribution in [0, 0.1) is 11.8 Å². The van der Waals surface area contributed by atoms with Crippen molar-refractivity contribution in [2.24, 2.45) is 7.05 Å². The number of nitrogens with two attached hydrogens (primary N) is 1. The second-order valence-electron chi connectivity index (χ2n) is 8.31. The minimum absolute atomic E-state index is 0.0824. The molecule has 1 atom stereocenters. The minimum atomic E-state index is -0.400. The van der Waals surface area contributed by atoms with Gasteiger partial charge in [0.2, 0.25) is 0 Å². The molecular weight excluding hydrogens is 450 g/mol. The van der Waals surface area contributed by atoms with Gasteiger partial charge in [-0.2, -0.15) is 5.10 Å². The smallest absolute Gasteiger partial charge is 0.274 e. The Kier molecular flexibility index (Phi) is 6.12. The quantitative estimate of drug-likeness (QED) is 0.383. The van der Waals surface area contributed by atoms with Crippen LogP contribution in [-0.4, -0.2) is 30.6 Å². The van der Waals surface area contributed by atoms with Crippen LogP contribution in [0.25, 0.3) is 22.2 Å². The third-order valence-electron chi connectivity index (χ3n) is 5.72. The lowest BCUT2D eigenvalue weighted by Crippen LogP contribution is -2.29. The highest BCUT2D eigenvalue weighted by Gasteiger charge is 2.20. The molecule has 0 fully saturated rings. The highest BCUT2D eigenvalue weighted by Crippen LogP contribution is 2.31. The third kappa shape index (κ3) is 4.63. The molecule has 0 unspecified atom stereocenters. The van der Waals surface area contributed by atoms with Crippen molar-refractivity contribution in [2.75, 3.05) is 5.73 Å². The van der Waals surface area contributed by atoms with E-state index < -0.39 is 5.91 Å². The molecule has 1 amide bonds. The molecule has 0 saturated heterocycles. The Morgan fingerprint density at radius 1 is 1.06 bits per heavy atom. The maximum absolute atomic E-state index is 12.9. The Balaban J connectivity index is 1.59. The molecule has 2 aromatic carbocycles. The number of carbonyl (C=O) groups is 1. The topological polar surface area (TPSA) is 112 Å². The summed E-state index contributed by atoms with van der Waals surface area (Å²) in [5.74, 6) is 6.09. The number of anilines is 1. The molecule has 36 heavy (non-hydrogen) atoms. The summed E-state index contributed by atoms with van der Waals surface area (Å²) in [6.07, 6.45) is 6.49. The van der Waals surface area contributed by atoms with Crippen LogP contribution in [0.4, 0.5) is 5.82 Å². The summed E-state index contributed by atoms with van der Waals surface area (Å²) in [6, 6.07) is 17.4. The molecule has 0 saturated carbocycles. The number of aromatic nitrogens is 5. The van der Waals surface area contributed by atoms with Crippen molar-refractivity contribution in [3.8, 4) is 23.1 Å². The van der Waals surface area contributed by atoms with Crippen molar-refractivity contribution in [1.82, 2.24) is 30.0 Å². The average molecular weight is 474 g/mol. The van der Waals surface area contributed by atoms with Crippen LogP contribution in [-0.2, 0) is 7.05 Å². The number of rotatable bonds is 4. The normalized spacial score (nSPS) is 11.5. The van der Waals surface area contributed by atoms with Crippen LogP contribution < -0.4 is 11.1 Å². The van der Waals surface area contributed by atoms with Gasteiger partial charge in [-0.25, -0.2) is 15.0 Å². The molecule has 0 radical (unpaired) electrons. The monoisotopic (exact) mass is 473 g/mol. The highest BCUT2D eigenvalue weighted by atomic mass is 16.2. The Morgan fingerprint density at radius 3 is 2.61 bits per heavy atom. The summed E-state index contributed by atoms with van der Waals surface area (Å²) >= 11 is 0. The molecule has 8 heteroatoms. The molecule has 0 aliphatic heterocycles. The van der Waals surface area contributed by atoms with Gasteiger partial charge < -0.3 is 11.1 Å². The summed E-state index contributed by atoms with van der Waals surface area (Å²) in [5.41, 5.74) is 10.9. The Labute approximate surface area is 208 Å². The molecular formula is C28H23N7O. The summed E-state index contributed by atoms with van der Waals surface area (Å²) in [6.45, 7) is 1.91. The maximum atomic E-state index is 12.9. The zero-order chi connectivity index (χ0) is 25.1. The molecule has 8 nitrogen and oxygen atoms in total. The second kappa shape index (κ2) is 9.68. The number of para-hydroxylation sites is 1. The fraction of sp³-hybridized carbons (Fsp3) is 0.107. The van der Waals surface area contributed by atoms with Gasteiger partial charge in [0.15, 0.2) is 11.5 Å². The number of aryl methyl sites for hydroxylation is 1. The van der Waals surface area contributed by atoms with Crippen molar-refractivity contribution < 1.29 is 4.79 Å². The van der Waals surface area contributed by atoms with E-state index in [9.17, 15) is 4.79 Å². The van der Waals surface area contributed by atoms with Gasteiger partial charge in [0.1, 0.15) is 0 Å². The number of hydrogen-bond acceptors (Lipinski definition) is 6. The van der Waals surface area contributed by atoms with Gasteiger partial charge in [0, 0.05) is 42.2 Å². The van der Waals surface area contributed by atoms with E-state index in [-0.39, 0.29) is 17.6 Å². The molecule has 3 aromatic heterocycles. The molecule has 0 aliphatic carbocycles. The molecule has 0 spiro atoms. The van der Waals surface area contributed by atoms with Gasteiger partial charge in [-0.05, 0) is 19.1 Å². The zero-order valence-electron chi connectivity index (χ0n) is 19.8. The first-order chi connectivity index (χ1) is 17.5.